The summed E-state index contributed by atoms with van der Waals surface area (Å²) in [6, 6.07) is 6.63. The van der Waals surface area contributed by atoms with Crippen molar-refractivity contribution in [2.45, 2.75) is 0 Å². The maximum Gasteiger partial charge on any atom is 0.322 e. The second-order valence-corrected chi connectivity index (χ2v) is 2.41. The van der Waals surface area contributed by atoms with Crippen LogP contribution in [0.15, 0.2) is 24.3 Å². The monoisotopic (exact) mass is 176 g/mol. The fourth-order valence-corrected chi connectivity index (χ4v) is 0.831. The molecule has 0 aromatic heterocycles. The highest BCUT2D eigenvalue weighted by Gasteiger charge is 1.96. The van der Waals surface area contributed by atoms with Crippen LogP contribution < -0.4 is 5.32 Å². The minimum Gasteiger partial charge on any atom is -0.480 e. The Morgan fingerprint density at radius 3 is 2.54 bits per heavy atom. The molecular weight excluding hydrogens is 168 g/mol. The summed E-state index contributed by atoms with van der Waals surface area (Å²) in [7, 11) is 0. The Morgan fingerprint density at radius 1 is 1.46 bits per heavy atom. The molecule has 13 heavy (non-hydrogen) atoms. The first-order chi connectivity index (χ1) is 6.22. The predicted octanol–water partition coefficient (Wildman–Crippen LogP) is 1.73. The summed E-state index contributed by atoms with van der Waals surface area (Å²) < 4.78 is 0. The number of anilines is 1. The van der Waals surface area contributed by atoms with E-state index in [1.54, 1.807) is 24.3 Å². The van der Waals surface area contributed by atoms with Gasteiger partial charge >= 0.3 is 5.97 Å². The lowest BCUT2D eigenvalue weighted by atomic mass is 10.3. The van der Waals surface area contributed by atoms with Crippen molar-refractivity contribution in [2.24, 2.45) is 0 Å². The molecule has 0 unspecified atom stereocenters. The molecule has 0 fully saturated rings. The zero-order chi connectivity index (χ0) is 9.68. The van der Waals surface area contributed by atoms with E-state index in [1.165, 1.54) is 0 Å². The number of carboxylic acids is 1. The molecule has 0 saturated carbocycles. The predicted molar refractivity (Wildman–Crippen MR) is 48.8 cm³/mol. The third kappa shape index (κ3) is 2.83. The summed E-state index contributed by atoms with van der Waals surface area (Å²) in [5.74, 6) is -0.908. The van der Waals surface area contributed by atoms with Crippen LogP contribution in [-0.2, 0) is 4.79 Å². The van der Waals surface area contributed by atoms with Crippen LogP contribution in [0.4, 0.5) is 11.4 Å². The standard InChI is InChI=1S/C9H8N2O2/c1-10-7-2-4-8(5-3-7)11-6-9(12)13/h2-5,11H,6H2,(H,12,13). The first-order valence-electron chi connectivity index (χ1n) is 3.65. The molecule has 0 amide bonds. The number of hydrogen-bond acceptors (Lipinski definition) is 2. The highest BCUT2D eigenvalue weighted by atomic mass is 16.4. The second kappa shape index (κ2) is 4.12. The van der Waals surface area contributed by atoms with Crippen molar-refractivity contribution >= 4 is 17.3 Å². The topological polar surface area (TPSA) is 53.7 Å². The van der Waals surface area contributed by atoms with Gasteiger partial charge in [0.25, 0.3) is 0 Å². The smallest absolute Gasteiger partial charge is 0.322 e. The Bertz CT molecular complexity index is 338. The van der Waals surface area contributed by atoms with Gasteiger partial charge in [-0.2, -0.15) is 0 Å². The quantitative estimate of drug-likeness (QED) is 0.689. The molecule has 0 aliphatic heterocycles. The third-order valence-electron chi connectivity index (χ3n) is 1.44. The maximum atomic E-state index is 10.2. The summed E-state index contributed by atoms with van der Waals surface area (Å²) in [4.78, 5) is 13.4. The van der Waals surface area contributed by atoms with E-state index >= 15 is 0 Å². The first-order valence-corrected chi connectivity index (χ1v) is 3.65. The molecule has 0 heterocycles. The number of carbonyl (C=O) groups is 1. The van der Waals surface area contributed by atoms with Crippen molar-refractivity contribution in [2.75, 3.05) is 11.9 Å². The van der Waals surface area contributed by atoms with Gasteiger partial charge in [0, 0.05) is 5.69 Å². The van der Waals surface area contributed by atoms with Gasteiger partial charge in [0.1, 0.15) is 6.54 Å². The van der Waals surface area contributed by atoms with Crippen LogP contribution in [0.25, 0.3) is 4.85 Å². The average molecular weight is 176 g/mol. The minimum absolute atomic E-state index is 0.114. The van der Waals surface area contributed by atoms with Crippen LogP contribution in [0, 0.1) is 6.57 Å². The number of nitrogens with one attached hydrogen (secondary N) is 1. The maximum absolute atomic E-state index is 10.2. The first kappa shape index (κ1) is 9.07. The summed E-state index contributed by atoms with van der Waals surface area (Å²) in [5.41, 5.74) is 1.25. The third-order valence-corrected chi connectivity index (χ3v) is 1.44. The second-order valence-electron chi connectivity index (χ2n) is 2.41. The van der Waals surface area contributed by atoms with E-state index in [-0.39, 0.29) is 6.54 Å². The molecule has 0 radical (unpaired) electrons. The van der Waals surface area contributed by atoms with Crippen molar-refractivity contribution in [1.29, 1.82) is 0 Å². The van der Waals surface area contributed by atoms with Crippen molar-refractivity contribution in [3.63, 3.8) is 0 Å². The zero-order valence-electron chi connectivity index (χ0n) is 6.82. The SMILES string of the molecule is [C-]#[N+]c1ccc(NCC(=O)O)cc1. The molecule has 0 bridgehead atoms. The number of aliphatic carboxylic acids is 1. The van der Waals surface area contributed by atoms with E-state index in [0.717, 1.165) is 0 Å². The van der Waals surface area contributed by atoms with Crippen LogP contribution in [-0.4, -0.2) is 17.6 Å². The zero-order valence-corrected chi connectivity index (χ0v) is 6.82. The molecule has 66 valence electrons. The summed E-state index contributed by atoms with van der Waals surface area (Å²) in [6.07, 6.45) is 0. The van der Waals surface area contributed by atoms with Gasteiger partial charge in [-0.25, -0.2) is 4.85 Å². The molecule has 1 rings (SSSR count). The Balaban J connectivity index is 2.60. The highest BCUT2D eigenvalue weighted by Crippen LogP contribution is 2.15. The molecule has 0 spiro atoms. The number of nitrogens with zero attached hydrogens (tertiary/aromatic N) is 1. The van der Waals surface area contributed by atoms with E-state index in [2.05, 4.69) is 10.2 Å². The van der Waals surface area contributed by atoms with Crippen LogP contribution in [0.2, 0.25) is 0 Å². The van der Waals surface area contributed by atoms with Gasteiger partial charge < -0.3 is 10.4 Å². The highest BCUT2D eigenvalue weighted by molar-refractivity contribution is 5.73. The average Bonchev–Trinajstić information content (AvgIpc) is 2.15. The molecule has 0 aliphatic rings. The van der Waals surface area contributed by atoms with E-state index in [1.807, 2.05) is 0 Å². The van der Waals surface area contributed by atoms with Crippen molar-refractivity contribution in [3.8, 4) is 0 Å². The Hall–Kier alpha value is -2.02. The molecule has 0 aliphatic carbocycles. The fraction of sp³-hybridized carbons (Fsp3) is 0.111. The molecule has 4 nitrogen and oxygen atoms in total. The van der Waals surface area contributed by atoms with Crippen LogP contribution in [0.5, 0.6) is 0 Å². The van der Waals surface area contributed by atoms with E-state index in [0.29, 0.717) is 11.4 Å². The Kier molecular flexibility index (Phi) is 2.87. The van der Waals surface area contributed by atoms with E-state index < -0.39 is 5.97 Å². The van der Waals surface area contributed by atoms with Gasteiger partial charge in [-0.3, -0.25) is 4.79 Å². The fourth-order valence-electron chi connectivity index (χ4n) is 0.831. The number of hydrogen-bond donors (Lipinski definition) is 2. The van der Waals surface area contributed by atoms with Gasteiger partial charge in [0.15, 0.2) is 5.69 Å². The van der Waals surface area contributed by atoms with Crippen LogP contribution in [0.1, 0.15) is 0 Å². The molecule has 0 saturated heterocycles. The molecule has 1 aromatic rings. The summed E-state index contributed by atoms with van der Waals surface area (Å²) in [6.45, 7) is 6.58. The van der Waals surface area contributed by atoms with Gasteiger partial charge in [-0.15, -0.1) is 0 Å². The molecular formula is C9H8N2O2. The van der Waals surface area contributed by atoms with Gasteiger partial charge in [0.2, 0.25) is 0 Å². The largest absolute Gasteiger partial charge is 0.480 e. The molecule has 1 aromatic carbocycles. The Morgan fingerprint density at radius 2 is 2.08 bits per heavy atom. The summed E-state index contributed by atoms with van der Waals surface area (Å²) >= 11 is 0. The van der Waals surface area contributed by atoms with Gasteiger partial charge in [-0.1, -0.05) is 12.1 Å². The number of benzene rings is 1. The van der Waals surface area contributed by atoms with Crippen molar-refractivity contribution in [3.05, 3.63) is 35.7 Å². The molecule has 4 heteroatoms. The van der Waals surface area contributed by atoms with Crippen molar-refractivity contribution < 1.29 is 9.90 Å². The molecule has 2 N–H and O–H groups in total. The van der Waals surface area contributed by atoms with E-state index in [4.69, 9.17) is 11.7 Å². The summed E-state index contributed by atoms with van der Waals surface area (Å²) in [5, 5.41) is 11.1. The Labute approximate surface area is 75.6 Å². The van der Waals surface area contributed by atoms with Gasteiger partial charge in [-0.05, 0) is 12.1 Å². The van der Waals surface area contributed by atoms with Crippen LogP contribution in [0.3, 0.4) is 0 Å². The lowest BCUT2D eigenvalue weighted by Gasteiger charge is -2.01. The molecule has 0 atom stereocenters. The lowest BCUT2D eigenvalue weighted by molar-refractivity contribution is -0.134. The number of carboxylic acid groups (broad SMARTS) is 1. The normalized spacial score (nSPS) is 8.85. The minimum atomic E-state index is -0.908. The van der Waals surface area contributed by atoms with E-state index in [9.17, 15) is 4.79 Å². The van der Waals surface area contributed by atoms with Gasteiger partial charge in [0.05, 0.1) is 6.57 Å². The number of rotatable bonds is 3. The van der Waals surface area contributed by atoms with Crippen molar-refractivity contribution in [1.82, 2.24) is 0 Å². The van der Waals surface area contributed by atoms with Crippen LogP contribution >= 0.6 is 0 Å². The lowest BCUT2D eigenvalue weighted by Crippen LogP contribution is -2.11.